The summed E-state index contributed by atoms with van der Waals surface area (Å²) in [6.45, 7) is 6.17. The summed E-state index contributed by atoms with van der Waals surface area (Å²) in [5.41, 5.74) is 6.31. The number of nitrogens with one attached hydrogen (secondary N) is 1. The minimum Gasteiger partial charge on any atom is -0.260 e. The van der Waals surface area contributed by atoms with Crippen molar-refractivity contribution in [1.29, 1.82) is 0 Å². The fraction of sp³-hybridized carbons (Fsp3) is 0.188. The molecule has 3 rings (SSSR count). The third kappa shape index (κ3) is 2.64. The van der Waals surface area contributed by atoms with E-state index in [-0.39, 0.29) is 0 Å². The van der Waals surface area contributed by atoms with Crippen molar-refractivity contribution >= 4 is 33.1 Å². The smallest absolute Gasteiger partial charge is 0.158 e. The lowest BCUT2D eigenvalue weighted by atomic mass is 10.1. The minimum absolute atomic E-state index is 0.761. The molecule has 0 bridgehead atoms. The average Bonchev–Trinajstić information content (AvgIpc) is 2.81. The molecule has 1 aromatic carbocycles. The van der Waals surface area contributed by atoms with E-state index in [4.69, 9.17) is 0 Å². The summed E-state index contributed by atoms with van der Waals surface area (Å²) >= 11 is 1.68. The molecule has 0 aliphatic carbocycles. The number of benzene rings is 1. The Morgan fingerprint density at radius 2 is 1.90 bits per heavy atom. The van der Waals surface area contributed by atoms with Crippen molar-refractivity contribution in [1.82, 2.24) is 9.97 Å². The predicted molar refractivity (Wildman–Crippen MR) is 89.2 cm³/mol. The van der Waals surface area contributed by atoms with E-state index in [9.17, 15) is 0 Å². The molecule has 0 radical (unpaired) electrons. The highest BCUT2D eigenvalue weighted by Crippen LogP contribution is 2.32. The molecule has 0 spiro atoms. The number of fused-ring (bicyclic) bond motifs is 1. The summed E-state index contributed by atoms with van der Waals surface area (Å²) < 4.78 is 0. The Bertz CT molecular complexity index is 806. The highest BCUT2D eigenvalue weighted by Gasteiger charge is 2.11. The predicted octanol–water partition coefficient (Wildman–Crippen LogP) is 4.14. The molecule has 0 amide bonds. The fourth-order valence-electron chi connectivity index (χ4n) is 2.15. The van der Waals surface area contributed by atoms with Gasteiger partial charge in [-0.3, -0.25) is 5.43 Å². The van der Waals surface area contributed by atoms with Crippen LogP contribution in [0.15, 0.2) is 41.8 Å². The van der Waals surface area contributed by atoms with Gasteiger partial charge in [-0.15, -0.1) is 11.3 Å². The molecular formula is C16H16N4S. The normalized spacial score (nSPS) is 11.9. The number of nitrogens with zero attached hydrogens (tertiary/aromatic N) is 3. The van der Waals surface area contributed by atoms with Crippen molar-refractivity contribution in [2.75, 3.05) is 5.43 Å². The third-order valence-electron chi connectivity index (χ3n) is 3.49. The van der Waals surface area contributed by atoms with E-state index in [0.717, 1.165) is 27.3 Å². The van der Waals surface area contributed by atoms with Crippen LogP contribution in [0.3, 0.4) is 0 Å². The van der Waals surface area contributed by atoms with Crippen molar-refractivity contribution in [2.45, 2.75) is 20.8 Å². The molecule has 0 saturated heterocycles. The first-order valence-corrected chi connectivity index (χ1v) is 7.55. The van der Waals surface area contributed by atoms with Crippen LogP contribution in [0.5, 0.6) is 0 Å². The maximum atomic E-state index is 4.45. The maximum Gasteiger partial charge on any atom is 0.158 e. The Balaban J connectivity index is 1.96. The number of thiophene rings is 1. The lowest BCUT2D eigenvalue weighted by Gasteiger charge is -2.04. The molecule has 1 N–H and O–H groups in total. The molecule has 2 aromatic heterocycles. The SMILES string of the molecule is C/C(=N/Nc1ncnc2sc(C)c(C)c12)c1ccccc1. The Morgan fingerprint density at radius 3 is 2.67 bits per heavy atom. The second kappa shape index (κ2) is 5.61. The molecule has 0 aliphatic rings. The summed E-state index contributed by atoms with van der Waals surface area (Å²) in [5, 5.41) is 5.51. The van der Waals surface area contributed by atoms with Crippen molar-refractivity contribution < 1.29 is 0 Å². The zero-order valence-electron chi connectivity index (χ0n) is 12.2. The van der Waals surface area contributed by atoms with Crippen LogP contribution in [0.1, 0.15) is 22.9 Å². The van der Waals surface area contributed by atoms with Crippen LogP contribution < -0.4 is 5.43 Å². The number of anilines is 1. The topological polar surface area (TPSA) is 50.2 Å². The largest absolute Gasteiger partial charge is 0.260 e. The van der Waals surface area contributed by atoms with Crippen LogP contribution >= 0.6 is 11.3 Å². The molecule has 21 heavy (non-hydrogen) atoms. The van der Waals surface area contributed by atoms with Crippen LogP contribution in [0.2, 0.25) is 0 Å². The molecule has 106 valence electrons. The maximum absolute atomic E-state index is 4.45. The van der Waals surface area contributed by atoms with E-state index in [2.05, 4.69) is 34.3 Å². The first-order chi connectivity index (χ1) is 10.2. The summed E-state index contributed by atoms with van der Waals surface area (Å²) in [6.07, 6.45) is 1.58. The average molecular weight is 296 g/mol. The van der Waals surface area contributed by atoms with Gasteiger partial charge in [-0.1, -0.05) is 30.3 Å². The lowest BCUT2D eigenvalue weighted by Crippen LogP contribution is -2.01. The van der Waals surface area contributed by atoms with E-state index in [1.807, 2.05) is 37.3 Å². The summed E-state index contributed by atoms with van der Waals surface area (Å²) in [6, 6.07) is 10.1. The number of aryl methyl sites for hydroxylation is 2. The van der Waals surface area contributed by atoms with Crippen molar-refractivity contribution in [3.05, 3.63) is 52.7 Å². The number of hydrogen-bond donors (Lipinski definition) is 1. The van der Waals surface area contributed by atoms with Gasteiger partial charge in [0.15, 0.2) is 5.82 Å². The molecule has 4 nitrogen and oxygen atoms in total. The van der Waals surface area contributed by atoms with E-state index < -0.39 is 0 Å². The van der Waals surface area contributed by atoms with E-state index in [0.29, 0.717) is 0 Å². The van der Waals surface area contributed by atoms with Gasteiger partial charge in [-0.25, -0.2) is 9.97 Å². The molecule has 0 saturated carbocycles. The molecule has 5 heteroatoms. The van der Waals surface area contributed by atoms with Gasteiger partial charge in [0.2, 0.25) is 0 Å². The van der Waals surface area contributed by atoms with Crippen LogP contribution in [0.25, 0.3) is 10.2 Å². The van der Waals surface area contributed by atoms with Crippen LogP contribution in [-0.4, -0.2) is 15.7 Å². The second-order valence-corrected chi connectivity index (χ2v) is 6.06. The van der Waals surface area contributed by atoms with Crippen molar-refractivity contribution in [2.24, 2.45) is 5.10 Å². The molecule has 0 atom stereocenters. The van der Waals surface area contributed by atoms with Gasteiger partial charge >= 0.3 is 0 Å². The third-order valence-corrected chi connectivity index (χ3v) is 4.60. The Labute approximate surface area is 127 Å². The summed E-state index contributed by atoms with van der Waals surface area (Å²) in [5.74, 6) is 0.761. The second-order valence-electron chi connectivity index (χ2n) is 4.86. The van der Waals surface area contributed by atoms with Crippen molar-refractivity contribution in [3.63, 3.8) is 0 Å². The monoisotopic (exact) mass is 296 g/mol. The lowest BCUT2D eigenvalue weighted by molar-refractivity contribution is 1.18. The number of aromatic nitrogens is 2. The minimum atomic E-state index is 0.761. The molecular weight excluding hydrogens is 280 g/mol. The Morgan fingerprint density at radius 1 is 1.14 bits per heavy atom. The standard InChI is InChI=1S/C16H16N4S/c1-10-12(3)21-16-14(10)15(17-9-18-16)20-19-11(2)13-7-5-4-6-8-13/h4-9H,1-3H3,(H,17,18,20)/b19-11-. The highest BCUT2D eigenvalue weighted by atomic mass is 32.1. The molecule has 0 unspecified atom stereocenters. The Hall–Kier alpha value is -2.27. The van der Waals surface area contributed by atoms with Crippen LogP contribution in [0, 0.1) is 13.8 Å². The summed E-state index contributed by atoms with van der Waals surface area (Å²) in [7, 11) is 0. The number of hydrogen-bond acceptors (Lipinski definition) is 5. The zero-order chi connectivity index (χ0) is 14.8. The molecule has 0 fully saturated rings. The molecule has 2 heterocycles. The fourth-order valence-corrected chi connectivity index (χ4v) is 3.14. The van der Waals surface area contributed by atoms with E-state index >= 15 is 0 Å². The quantitative estimate of drug-likeness (QED) is 0.583. The molecule has 3 aromatic rings. The van der Waals surface area contributed by atoms with Gasteiger partial charge in [-0.2, -0.15) is 5.10 Å². The first-order valence-electron chi connectivity index (χ1n) is 6.73. The first kappa shape index (κ1) is 13.7. The van der Waals surface area contributed by atoms with Crippen LogP contribution in [0.4, 0.5) is 5.82 Å². The van der Waals surface area contributed by atoms with Gasteiger partial charge < -0.3 is 0 Å². The van der Waals surface area contributed by atoms with Crippen molar-refractivity contribution in [3.8, 4) is 0 Å². The van der Waals surface area contributed by atoms with E-state index in [1.54, 1.807) is 17.7 Å². The molecule has 0 aliphatic heterocycles. The zero-order valence-corrected chi connectivity index (χ0v) is 13.0. The highest BCUT2D eigenvalue weighted by molar-refractivity contribution is 7.18. The summed E-state index contributed by atoms with van der Waals surface area (Å²) in [4.78, 5) is 10.9. The van der Waals surface area contributed by atoms with E-state index in [1.165, 1.54) is 10.4 Å². The Kier molecular flexibility index (Phi) is 3.66. The number of rotatable bonds is 3. The van der Waals surface area contributed by atoms with Gasteiger partial charge in [0.25, 0.3) is 0 Å². The van der Waals surface area contributed by atoms with Gasteiger partial charge in [0, 0.05) is 4.88 Å². The number of hydrazone groups is 1. The van der Waals surface area contributed by atoms with Gasteiger partial charge in [0.1, 0.15) is 11.2 Å². The van der Waals surface area contributed by atoms with Gasteiger partial charge in [-0.05, 0) is 31.9 Å². The van der Waals surface area contributed by atoms with Gasteiger partial charge in [0.05, 0.1) is 11.1 Å². The van der Waals surface area contributed by atoms with Crippen LogP contribution in [-0.2, 0) is 0 Å².